The summed E-state index contributed by atoms with van der Waals surface area (Å²) in [4.78, 5) is 4.27. The molecule has 0 spiro atoms. The fraction of sp³-hybridized carbons (Fsp3) is 0.545. The zero-order valence-electron chi connectivity index (χ0n) is 10.2. The van der Waals surface area contributed by atoms with Gasteiger partial charge in [0.15, 0.2) is 0 Å². The third-order valence-electron chi connectivity index (χ3n) is 2.65. The monoisotopic (exact) mass is 271 g/mol. The molecular formula is C11H17N3O3S. The first-order chi connectivity index (χ1) is 8.62. The summed E-state index contributed by atoms with van der Waals surface area (Å²) < 4.78 is 32.0. The molecule has 0 bridgehead atoms. The average molecular weight is 271 g/mol. The van der Waals surface area contributed by atoms with Crippen molar-refractivity contribution in [2.24, 2.45) is 0 Å². The SMILES string of the molecule is CCNc1cc(S(=O)(=O)NC2CCOC2)ccn1. The van der Waals surface area contributed by atoms with E-state index in [1.807, 2.05) is 6.92 Å². The second-order valence-corrected chi connectivity index (χ2v) is 5.80. The molecule has 0 radical (unpaired) electrons. The number of sulfonamides is 1. The molecule has 0 aliphatic carbocycles. The molecule has 1 aliphatic heterocycles. The van der Waals surface area contributed by atoms with Crippen molar-refractivity contribution in [3.05, 3.63) is 18.3 Å². The van der Waals surface area contributed by atoms with Crippen molar-refractivity contribution in [1.29, 1.82) is 0 Å². The largest absolute Gasteiger partial charge is 0.380 e. The first-order valence-electron chi connectivity index (χ1n) is 5.92. The van der Waals surface area contributed by atoms with E-state index in [1.54, 1.807) is 0 Å². The molecule has 2 rings (SSSR count). The van der Waals surface area contributed by atoms with Gasteiger partial charge in [-0.05, 0) is 19.4 Å². The van der Waals surface area contributed by atoms with Crippen LogP contribution in [0, 0.1) is 0 Å². The summed E-state index contributed by atoms with van der Waals surface area (Å²) in [6.45, 7) is 3.66. The number of nitrogens with one attached hydrogen (secondary N) is 2. The third-order valence-corrected chi connectivity index (χ3v) is 4.17. The average Bonchev–Trinajstić information content (AvgIpc) is 2.82. The van der Waals surface area contributed by atoms with E-state index >= 15 is 0 Å². The van der Waals surface area contributed by atoms with Crippen molar-refractivity contribution in [3.63, 3.8) is 0 Å². The summed E-state index contributed by atoms with van der Waals surface area (Å²) in [7, 11) is -3.49. The summed E-state index contributed by atoms with van der Waals surface area (Å²) in [5.74, 6) is 0.558. The van der Waals surface area contributed by atoms with Gasteiger partial charge in [-0.2, -0.15) is 0 Å². The summed E-state index contributed by atoms with van der Waals surface area (Å²) in [6, 6.07) is 2.88. The Bertz CT molecular complexity index is 498. The number of rotatable bonds is 5. The minimum Gasteiger partial charge on any atom is -0.380 e. The van der Waals surface area contributed by atoms with Crippen LogP contribution in [0.4, 0.5) is 5.82 Å². The second-order valence-electron chi connectivity index (χ2n) is 4.09. The van der Waals surface area contributed by atoms with Gasteiger partial charge in [0.1, 0.15) is 5.82 Å². The normalized spacial score (nSPS) is 19.9. The van der Waals surface area contributed by atoms with Crippen LogP contribution in [0.2, 0.25) is 0 Å². The van der Waals surface area contributed by atoms with E-state index in [4.69, 9.17) is 4.74 Å². The Hall–Kier alpha value is -1.18. The summed E-state index contributed by atoms with van der Waals surface area (Å²) >= 11 is 0. The predicted octanol–water partition coefficient (Wildman–Crippen LogP) is 0.581. The van der Waals surface area contributed by atoms with Crippen molar-refractivity contribution in [1.82, 2.24) is 9.71 Å². The Labute approximate surface area is 107 Å². The zero-order valence-corrected chi connectivity index (χ0v) is 11.0. The van der Waals surface area contributed by atoms with Gasteiger partial charge < -0.3 is 10.1 Å². The lowest BCUT2D eigenvalue weighted by Crippen LogP contribution is -2.35. The van der Waals surface area contributed by atoms with Gasteiger partial charge in [-0.15, -0.1) is 0 Å². The highest BCUT2D eigenvalue weighted by atomic mass is 32.2. The van der Waals surface area contributed by atoms with Crippen LogP contribution in [-0.2, 0) is 14.8 Å². The maximum absolute atomic E-state index is 12.1. The molecule has 1 fully saturated rings. The van der Waals surface area contributed by atoms with E-state index in [-0.39, 0.29) is 10.9 Å². The number of anilines is 1. The molecule has 0 amide bonds. The maximum Gasteiger partial charge on any atom is 0.241 e. The van der Waals surface area contributed by atoms with E-state index in [2.05, 4.69) is 15.0 Å². The molecule has 2 heterocycles. The standard InChI is InChI=1S/C11H17N3O3S/c1-2-12-11-7-10(3-5-13-11)18(15,16)14-9-4-6-17-8-9/h3,5,7,9,14H,2,4,6,8H2,1H3,(H,12,13). The molecule has 0 aromatic carbocycles. The van der Waals surface area contributed by atoms with Crippen LogP contribution in [0.15, 0.2) is 23.2 Å². The lowest BCUT2D eigenvalue weighted by molar-refractivity contribution is 0.192. The molecule has 2 N–H and O–H groups in total. The highest BCUT2D eigenvalue weighted by molar-refractivity contribution is 7.89. The van der Waals surface area contributed by atoms with Gasteiger partial charge in [0, 0.05) is 31.5 Å². The number of hydrogen-bond acceptors (Lipinski definition) is 5. The number of nitrogens with zero attached hydrogens (tertiary/aromatic N) is 1. The molecule has 0 saturated carbocycles. The second kappa shape index (κ2) is 5.64. The third kappa shape index (κ3) is 3.18. The molecule has 1 atom stereocenters. The fourth-order valence-electron chi connectivity index (χ4n) is 1.77. The highest BCUT2D eigenvalue weighted by Gasteiger charge is 2.23. The van der Waals surface area contributed by atoms with Crippen LogP contribution in [0.3, 0.4) is 0 Å². The fourth-order valence-corrected chi connectivity index (χ4v) is 3.04. The van der Waals surface area contributed by atoms with Crippen LogP contribution in [0.25, 0.3) is 0 Å². The zero-order chi connectivity index (χ0) is 13.0. The minimum atomic E-state index is -3.49. The molecule has 1 unspecified atom stereocenters. The Balaban J connectivity index is 2.15. The maximum atomic E-state index is 12.1. The van der Waals surface area contributed by atoms with Gasteiger partial charge in [-0.3, -0.25) is 0 Å². The lowest BCUT2D eigenvalue weighted by atomic mass is 10.3. The number of hydrogen-bond donors (Lipinski definition) is 2. The van der Waals surface area contributed by atoms with Gasteiger partial charge in [0.2, 0.25) is 10.0 Å². The molecule has 18 heavy (non-hydrogen) atoms. The number of pyridine rings is 1. The first kappa shape index (κ1) is 13.3. The lowest BCUT2D eigenvalue weighted by Gasteiger charge is -2.12. The predicted molar refractivity (Wildman–Crippen MR) is 67.9 cm³/mol. The quantitative estimate of drug-likeness (QED) is 0.819. The van der Waals surface area contributed by atoms with E-state index in [0.717, 1.165) is 0 Å². The smallest absolute Gasteiger partial charge is 0.241 e. The molecular weight excluding hydrogens is 254 g/mol. The Kier molecular flexibility index (Phi) is 4.15. The Morgan fingerprint density at radius 2 is 2.39 bits per heavy atom. The van der Waals surface area contributed by atoms with Gasteiger partial charge in [-0.1, -0.05) is 0 Å². The van der Waals surface area contributed by atoms with Crippen molar-refractivity contribution >= 4 is 15.8 Å². The summed E-state index contributed by atoms with van der Waals surface area (Å²) in [5.41, 5.74) is 0. The molecule has 100 valence electrons. The van der Waals surface area contributed by atoms with Crippen LogP contribution < -0.4 is 10.0 Å². The number of ether oxygens (including phenoxy) is 1. The van der Waals surface area contributed by atoms with Crippen LogP contribution in [0.1, 0.15) is 13.3 Å². The molecule has 6 nitrogen and oxygen atoms in total. The molecule has 1 aromatic rings. The van der Waals surface area contributed by atoms with Crippen molar-refractivity contribution in [2.75, 3.05) is 25.1 Å². The van der Waals surface area contributed by atoms with Crippen LogP contribution in [-0.4, -0.2) is 39.2 Å². The van der Waals surface area contributed by atoms with Crippen molar-refractivity contribution in [3.8, 4) is 0 Å². The van der Waals surface area contributed by atoms with E-state index in [0.29, 0.717) is 32.0 Å². The summed E-state index contributed by atoms with van der Waals surface area (Å²) in [6.07, 6.45) is 2.20. The van der Waals surface area contributed by atoms with Gasteiger partial charge >= 0.3 is 0 Å². The number of aromatic nitrogens is 1. The first-order valence-corrected chi connectivity index (χ1v) is 7.40. The Morgan fingerprint density at radius 3 is 3.06 bits per heavy atom. The van der Waals surface area contributed by atoms with Crippen molar-refractivity contribution < 1.29 is 13.2 Å². The molecule has 1 aromatic heterocycles. The van der Waals surface area contributed by atoms with Crippen LogP contribution in [0.5, 0.6) is 0 Å². The summed E-state index contributed by atoms with van der Waals surface area (Å²) in [5, 5.41) is 2.99. The van der Waals surface area contributed by atoms with E-state index in [9.17, 15) is 8.42 Å². The topological polar surface area (TPSA) is 80.3 Å². The molecule has 7 heteroatoms. The van der Waals surface area contributed by atoms with Gasteiger partial charge in [0.25, 0.3) is 0 Å². The van der Waals surface area contributed by atoms with E-state index < -0.39 is 10.0 Å². The molecule has 1 aliphatic rings. The van der Waals surface area contributed by atoms with Gasteiger partial charge in [-0.25, -0.2) is 18.1 Å². The highest BCUT2D eigenvalue weighted by Crippen LogP contribution is 2.14. The van der Waals surface area contributed by atoms with Crippen molar-refractivity contribution in [2.45, 2.75) is 24.3 Å². The van der Waals surface area contributed by atoms with E-state index in [1.165, 1.54) is 18.3 Å². The minimum absolute atomic E-state index is 0.134. The molecule has 1 saturated heterocycles. The Morgan fingerprint density at radius 1 is 1.56 bits per heavy atom. The van der Waals surface area contributed by atoms with Gasteiger partial charge in [0.05, 0.1) is 11.5 Å². The van der Waals surface area contributed by atoms with Crippen LogP contribution >= 0.6 is 0 Å².